The summed E-state index contributed by atoms with van der Waals surface area (Å²) in [6.07, 6.45) is 6.05. The van der Waals surface area contributed by atoms with Crippen molar-refractivity contribution >= 4 is 46.4 Å². The quantitative estimate of drug-likeness (QED) is 0.133. The Labute approximate surface area is 331 Å². The molecular weight excluding hydrogens is 778 g/mol. The van der Waals surface area contributed by atoms with Gasteiger partial charge in [0, 0.05) is 21.2 Å². The number of nitrogens with zero attached hydrogens (tertiary/aromatic N) is 6. The Morgan fingerprint density at radius 2 is 0.981 bits per heavy atom. The number of aromatic nitrogens is 6. The summed E-state index contributed by atoms with van der Waals surface area (Å²) in [6, 6.07) is 25.1. The molecule has 0 radical (unpaired) electrons. The Balaban J connectivity index is 0.000000167. The van der Waals surface area contributed by atoms with Crippen LogP contribution in [0.15, 0.2) is 110 Å². The zero-order valence-corrected chi connectivity index (χ0v) is 32.0. The van der Waals surface area contributed by atoms with Crippen molar-refractivity contribution in [2.75, 3.05) is 13.2 Å². The largest absolute Gasteiger partial charge is 0.457 e. The number of hydrogen-bond donors (Lipinski definition) is 0. The fraction of sp³-hybridized carbons (Fsp3) is 0.263. The van der Waals surface area contributed by atoms with Crippen LogP contribution in [0.5, 0.6) is 23.0 Å². The molecule has 0 bridgehead atoms. The van der Waals surface area contributed by atoms with Crippen molar-refractivity contribution in [2.45, 2.75) is 50.7 Å². The van der Waals surface area contributed by atoms with Crippen LogP contribution in [-0.4, -0.2) is 55.0 Å². The zero-order valence-electron chi connectivity index (χ0n) is 29.0. The molecule has 0 spiro atoms. The molecule has 2 aliphatic heterocycles. The monoisotopic (exact) mass is 810 g/mol. The minimum atomic E-state index is -1.02. The van der Waals surface area contributed by atoms with Gasteiger partial charge in [0.25, 0.3) is 0 Å². The first kappa shape index (κ1) is 38.1. The first-order valence-electron chi connectivity index (χ1n) is 16.8. The van der Waals surface area contributed by atoms with E-state index in [0.29, 0.717) is 80.5 Å². The van der Waals surface area contributed by atoms with Crippen molar-refractivity contribution in [1.82, 2.24) is 29.5 Å². The summed E-state index contributed by atoms with van der Waals surface area (Å²) in [5, 5.41) is 10.6. The van der Waals surface area contributed by atoms with E-state index in [-0.39, 0.29) is 12.2 Å². The third-order valence-electron chi connectivity index (χ3n) is 8.36. The molecular formula is C38H34Cl4N6O6. The molecule has 4 heterocycles. The highest BCUT2D eigenvalue weighted by atomic mass is 35.5. The van der Waals surface area contributed by atoms with E-state index in [1.807, 2.05) is 38.1 Å². The van der Waals surface area contributed by atoms with Gasteiger partial charge in [0.05, 0.1) is 35.5 Å². The number of hydrogen-bond acceptors (Lipinski definition) is 10. The molecule has 2 aliphatic rings. The summed E-state index contributed by atoms with van der Waals surface area (Å²) >= 11 is 24.9. The number of rotatable bonds is 10. The molecule has 4 atom stereocenters. The van der Waals surface area contributed by atoms with E-state index >= 15 is 0 Å². The molecule has 54 heavy (non-hydrogen) atoms. The summed E-state index contributed by atoms with van der Waals surface area (Å²) in [4.78, 5) is 7.95. The Morgan fingerprint density at radius 3 is 1.30 bits per heavy atom. The van der Waals surface area contributed by atoms with Crippen molar-refractivity contribution in [2.24, 2.45) is 0 Å². The third kappa shape index (κ3) is 8.99. The standard InChI is InChI=1S/2C19H17Cl2N3O3/c2*1-13-9-25-19(27-13,10-24-12-22-11-23-24)17-7-6-16(8-18(17)21)26-15-4-2-14(20)3-5-15/h2*2-8,11-13H,9-10H2,1H3. The van der Waals surface area contributed by atoms with Crippen molar-refractivity contribution < 1.29 is 28.4 Å². The lowest BCUT2D eigenvalue weighted by Crippen LogP contribution is -2.34. The molecule has 0 saturated carbocycles. The molecule has 8 rings (SSSR count). The van der Waals surface area contributed by atoms with Crippen LogP contribution in [0.3, 0.4) is 0 Å². The second-order valence-corrected chi connectivity index (χ2v) is 14.3. The van der Waals surface area contributed by atoms with Gasteiger partial charge in [-0.15, -0.1) is 0 Å². The molecule has 280 valence electrons. The van der Waals surface area contributed by atoms with E-state index in [1.165, 1.54) is 12.7 Å². The van der Waals surface area contributed by atoms with Gasteiger partial charge in [-0.25, -0.2) is 19.3 Å². The molecule has 0 N–H and O–H groups in total. The van der Waals surface area contributed by atoms with Gasteiger partial charge in [0.15, 0.2) is 0 Å². The normalized spacial score (nSPS) is 22.1. The Bertz CT molecular complexity index is 1990. The highest BCUT2D eigenvalue weighted by molar-refractivity contribution is 6.32. The van der Waals surface area contributed by atoms with Gasteiger partial charge in [0.2, 0.25) is 11.6 Å². The Hall–Kier alpha value is -4.24. The summed E-state index contributed by atoms with van der Waals surface area (Å²) in [5.74, 6) is 0.498. The first-order valence-corrected chi connectivity index (χ1v) is 18.3. The SMILES string of the molecule is CC1COC(Cn2cncn2)(c2ccc(Oc3ccc(Cl)cc3)cc2Cl)O1.CC1COC(Cn2cncn2)(c2ccc(Oc3ccc(Cl)cc3)cc2Cl)O1. The maximum atomic E-state index is 6.57. The van der Waals surface area contributed by atoms with E-state index in [9.17, 15) is 0 Å². The average Bonchev–Trinajstić information content (AvgIpc) is 3.98. The lowest BCUT2D eigenvalue weighted by atomic mass is 10.1. The highest BCUT2D eigenvalue weighted by Crippen LogP contribution is 2.42. The van der Waals surface area contributed by atoms with Crippen LogP contribution in [0.1, 0.15) is 25.0 Å². The first-order chi connectivity index (χ1) is 26.1. The van der Waals surface area contributed by atoms with Gasteiger partial charge in [-0.05, 0) is 98.8 Å². The summed E-state index contributed by atoms with van der Waals surface area (Å²) in [7, 11) is 0. The van der Waals surface area contributed by atoms with Crippen LogP contribution >= 0.6 is 46.4 Å². The molecule has 16 heteroatoms. The summed E-state index contributed by atoms with van der Waals surface area (Å²) < 4.78 is 39.2. The van der Waals surface area contributed by atoms with Crippen molar-refractivity contribution in [3.63, 3.8) is 0 Å². The van der Waals surface area contributed by atoms with E-state index in [2.05, 4.69) is 20.2 Å². The molecule has 0 aliphatic carbocycles. The predicted molar refractivity (Wildman–Crippen MR) is 202 cm³/mol. The molecule has 2 fully saturated rings. The summed E-state index contributed by atoms with van der Waals surface area (Å²) in [6.45, 7) is 5.52. The van der Waals surface area contributed by atoms with Gasteiger partial charge < -0.3 is 28.4 Å². The topological polar surface area (TPSA) is 117 Å². The van der Waals surface area contributed by atoms with Crippen LogP contribution in [0.25, 0.3) is 0 Å². The molecule has 4 unspecified atom stereocenters. The smallest absolute Gasteiger partial charge is 0.217 e. The molecule has 12 nitrogen and oxygen atoms in total. The Kier molecular flexibility index (Phi) is 11.7. The minimum Gasteiger partial charge on any atom is -0.457 e. The van der Waals surface area contributed by atoms with Crippen LogP contribution in [-0.2, 0) is 43.6 Å². The third-order valence-corrected chi connectivity index (χ3v) is 9.49. The van der Waals surface area contributed by atoms with Gasteiger partial charge in [0.1, 0.15) is 61.4 Å². The molecule has 0 amide bonds. The molecule has 2 aromatic heterocycles. The Morgan fingerprint density at radius 1 is 0.593 bits per heavy atom. The fourth-order valence-electron chi connectivity index (χ4n) is 5.98. The van der Waals surface area contributed by atoms with E-state index in [0.717, 1.165) is 0 Å². The van der Waals surface area contributed by atoms with Gasteiger partial charge >= 0.3 is 0 Å². The van der Waals surface area contributed by atoms with E-state index in [4.69, 9.17) is 74.8 Å². The highest BCUT2D eigenvalue weighted by Gasteiger charge is 2.45. The van der Waals surface area contributed by atoms with Crippen molar-refractivity contribution in [3.8, 4) is 23.0 Å². The van der Waals surface area contributed by atoms with Gasteiger partial charge in [-0.1, -0.05) is 46.4 Å². The lowest BCUT2D eigenvalue weighted by Gasteiger charge is -2.29. The fourth-order valence-corrected chi connectivity index (χ4v) is 6.86. The van der Waals surface area contributed by atoms with Crippen molar-refractivity contribution in [1.29, 1.82) is 0 Å². The molecule has 2 saturated heterocycles. The number of benzene rings is 4. The maximum absolute atomic E-state index is 6.57. The minimum absolute atomic E-state index is 0.0606. The second kappa shape index (κ2) is 16.6. The number of ether oxygens (including phenoxy) is 6. The van der Waals surface area contributed by atoms with Gasteiger partial charge in [-0.3, -0.25) is 0 Å². The number of halogens is 4. The van der Waals surface area contributed by atoms with E-state index in [1.54, 1.807) is 82.7 Å². The van der Waals surface area contributed by atoms with Crippen LogP contribution in [0, 0.1) is 0 Å². The van der Waals surface area contributed by atoms with Crippen LogP contribution < -0.4 is 9.47 Å². The molecule has 6 aromatic rings. The maximum Gasteiger partial charge on any atom is 0.217 e. The molecule has 4 aromatic carbocycles. The predicted octanol–water partition coefficient (Wildman–Crippen LogP) is 9.33. The lowest BCUT2D eigenvalue weighted by molar-refractivity contribution is -0.187. The van der Waals surface area contributed by atoms with Crippen molar-refractivity contribution in [3.05, 3.63) is 141 Å². The van der Waals surface area contributed by atoms with Crippen LogP contribution in [0.4, 0.5) is 0 Å². The second-order valence-electron chi connectivity index (χ2n) is 12.6. The van der Waals surface area contributed by atoms with Crippen LogP contribution in [0.2, 0.25) is 20.1 Å². The van der Waals surface area contributed by atoms with E-state index < -0.39 is 11.6 Å². The zero-order chi connectivity index (χ0) is 37.7. The summed E-state index contributed by atoms with van der Waals surface area (Å²) in [5.41, 5.74) is 1.43. The van der Waals surface area contributed by atoms with Gasteiger partial charge in [-0.2, -0.15) is 10.2 Å². The average molecular weight is 813 g/mol.